The fraction of sp³-hybridized carbons (Fsp3) is 0.300. The predicted octanol–water partition coefficient (Wildman–Crippen LogP) is 4.07. The van der Waals surface area contributed by atoms with Crippen molar-refractivity contribution in [3.05, 3.63) is 53.6 Å². The number of hydrogen-bond donors (Lipinski definition) is 1. The van der Waals surface area contributed by atoms with E-state index in [4.69, 9.17) is 16.3 Å². The van der Waals surface area contributed by atoms with Crippen LogP contribution in [0.25, 0.3) is 0 Å². The number of amidine groups is 1. The smallest absolute Gasteiger partial charge is 0.349 e. The molecule has 0 bridgehead atoms. The zero-order valence-electron chi connectivity index (χ0n) is 15.0. The van der Waals surface area contributed by atoms with Crippen molar-refractivity contribution in [3.63, 3.8) is 0 Å². The van der Waals surface area contributed by atoms with Crippen molar-refractivity contribution in [2.45, 2.75) is 18.9 Å². The van der Waals surface area contributed by atoms with Crippen molar-refractivity contribution >= 4 is 40.9 Å². The van der Waals surface area contributed by atoms with E-state index in [2.05, 4.69) is 15.3 Å². The highest BCUT2D eigenvalue weighted by Crippen LogP contribution is 2.24. The number of amides is 4. The van der Waals surface area contributed by atoms with Gasteiger partial charge < -0.3 is 10.1 Å². The van der Waals surface area contributed by atoms with E-state index in [0.717, 1.165) is 12.8 Å². The van der Waals surface area contributed by atoms with Gasteiger partial charge in [-0.15, -0.1) is 0 Å². The number of ether oxygens (including phenoxy) is 1. The van der Waals surface area contributed by atoms with Crippen molar-refractivity contribution in [1.29, 1.82) is 0 Å². The van der Waals surface area contributed by atoms with Gasteiger partial charge in [0, 0.05) is 17.3 Å². The molecule has 2 unspecified atom stereocenters. The number of carbonyl (C=O) groups excluding carboxylic acids is 2. The summed E-state index contributed by atoms with van der Waals surface area (Å²) in [6.07, 6.45) is 9.05. The molecule has 8 heteroatoms. The number of nitrogens with one attached hydrogen (secondary N) is 1. The summed E-state index contributed by atoms with van der Waals surface area (Å²) in [7, 11) is 0. The molecule has 4 rings (SSSR count). The molecule has 1 N–H and O–H groups in total. The maximum atomic E-state index is 12.6. The number of halogens is 1. The summed E-state index contributed by atoms with van der Waals surface area (Å²) < 4.78 is 5.66. The van der Waals surface area contributed by atoms with Crippen molar-refractivity contribution in [2.75, 3.05) is 18.5 Å². The average Bonchev–Trinajstić information content (AvgIpc) is 3.19. The summed E-state index contributed by atoms with van der Waals surface area (Å²) >= 11 is 5.87. The molecule has 1 aliphatic carbocycles. The quantitative estimate of drug-likeness (QED) is 0.833. The molecule has 0 radical (unpaired) electrons. The Morgan fingerprint density at radius 3 is 2.89 bits per heavy atom. The maximum absolute atomic E-state index is 12.6. The summed E-state index contributed by atoms with van der Waals surface area (Å²) in [6.45, 7) is 1.01. The summed E-state index contributed by atoms with van der Waals surface area (Å²) in [4.78, 5) is 35.0. The van der Waals surface area contributed by atoms with Crippen molar-refractivity contribution in [3.8, 4) is 0 Å². The first kappa shape index (κ1) is 18.6. The molecule has 0 aromatic heterocycles. The summed E-state index contributed by atoms with van der Waals surface area (Å²) in [5.74, 6) is 0.0117. The van der Waals surface area contributed by atoms with Crippen LogP contribution in [-0.2, 0) is 4.74 Å². The number of urea groups is 2. The molecule has 28 heavy (non-hydrogen) atoms. The Balaban J connectivity index is 1.61. The number of carbonyl (C=O) groups is 2. The number of nitrogens with zero attached hydrogens (tertiary/aromatic N) is 3. The summed E-state index contributed by atoms with van der Waals surface area (Å²) in [6, 6.07) is 5.74. The van der Waals surface area contributed by atoms with Crippen LogP contribution in [0.1, 0.15) is 12.8 Å². The first-order chi connectivity index (χ1) is 13.6. The van der Waals surface area contributed by atoms with E-state index >= 15 is 0 Å². The second-order valence-electron chi connectivity index (χ2n) is 6.69. The number of rotatable bonds is 3. The first-order valence-corrected chi connectivity index (χ1v) is 9.49. The Kier molecular flexibility index (Phi) is 5.36. The van der Waals surface area contributed by atoms with E-state index in [1.807, 2.05) is 18.2 Å². The van der Waals surface area contributed by atoms with E-state index in [-0.39, 0.29) is 12.0 Å². The van der Waals surface area contributed by atoms with Gasteiger partial charge in [0.15, 0.2) is 0 Å². The predicted molar refractivity (Wildman–Crippen MR) is 108 cm³/mol. The highest BCUT2D eigenvalue weighted by atomic mass is 35.5. The monoisotopic (exact) mass is 398 g/mol. The van der Waals surface area contributed by atoms with Crippen molar-refractivity contribution in [2.24, 2.45) is 15.9 Å². The van der Waals surface area contributed by atoms with Gasteiger partial charge in [0.2, 0.25) is 0 Å². The second-order valence-corrected chi connectivity index (χ2v) is 7.13. The van der Waals surface area contributed by atoms with Crippen LogP contribution in [0.2, 0.25) is 5.02 Å². The van der Waals surface area contributed by atoms with Gasteiger partial charge >= 0.3 is 12.1 Å². The minimum atomic E-state index is -0.563. The molecule has 2 atom stereocenters. The van der Waals surface area contributed by atoms with E-state index in [1.54, 1.807) is 30.3 Å². The fourth-order valence-corrected chi connectivity index (χ4v) is 3.50. The maximum Gasteiger partial charge on any atom is 0.349 e. The molecule has 7 nitrogen and oxygen atoms in total. The zero-order chi connectivity index (χ0) is 19.5. The van der Waals surface area contributed by atoms with E-state index in [1.165, 1.54) is 4.90 Å². The number of fused-ring (bicyclic) bond motifs is 1. The van der Waals surface area contributed by atoms with Crippen LogP contribution in [0, 0.1) is 5.92 Å². The molecule has 0 spiro atoms. The van der Waals surface area contributed by atoms with Crippen LogP contribution in [0.5, 0.6) is 0 Å². The fourth-order valence-electron chi connectivity index (χ4n) is 3.38. The topological polar surface area (TPSA) is 83.4 Å². The third kappa shape index (κ3) is 4.05. The molecule has 0 saturated carbocycles. The molecule has 1 fully saturated rings. The normalized spacial score (nSPS) is 25.0. The molecular formula is C20H19ClN4O3. The molecule has 3 aliphatic rings. The minimum Gasteiger partial charge on any atom is -0.376 e. The van der Waals surface area contributed by atoms with Gasteiger partial charge in [-0.3, -0.25) is 4.90 Å². The largest absolute Gasteiger partial charge is 0.376 e. The Hall–Kier alpha value is -2.77. The van der Waals surface area contributed by atoms with E-state index in [9.17, 15) is 9.59 Å². The lowest BCUT2D eigenvalue weighted by molar-refractivity contribution is 0.0956. The van der Waals surface area contributed by atoms with Crippen molar-refractivity contribution < 1.29 is 14.3 Å². The van der Waals surface area contributed by atoms with Gasteiger partial charge in [0.05, 0.1) is 24.3 Å². The molecule has 2 aliphatic heterocycles. The van der Waals surface area contributed by atoms with Gasteiger partial charge in [0.25, 0.3) is 0 Å². The average molecular weight is 399 g/mol. The van der Waals surface area contributed by atoms with E-state index < -0.39 is 12.1 Å². The van der Waals surface area contributed by atoms with Crippen LogP contribution in [0.3, 0.4) is 0 Å². The van der Waals surface area contributed by atoms with Crippen LogP contribution in [0.15, 0.2) is 58.6 Å². The Morgan fingerprint density at radius 2 is 2.14 bits per heavy atom. The molecule has 1 aromatic carbocycles. The molecule has 1 aromatic rings. The second kappa shape index (κ2) is 8.08. The molecule has 1 saturated heterocycles. The van der Waals surface area contributed by atoms with Gasteiger partial charge in [-0.25, -0.2) is 9.59 Å². The number of aliphatic imine (C=N–C) groups is 2. The number of anilines is 1. The van der Waals surface area contributed by atoms with Crippen LogP contribution >= 0.6 is 11.6 Å². The summed E-state index contributed by atoms with van der Waals surface area (Å²) in [5.41, 5.74) is 1.15. The lowest BCUT2D eigenvalue weighted by Crippen LogP contribution is -2.49. The number of benzene rings is 1. The minimum absolute atomic E-state index is 0.0756. The lowest BCUT2D eigenvalue weighted by atomic mass is 9.94. The number of hydrogen-bond acceptors (Lipinski definition) is 3. The zero-order valence-corrected chi connectivity index (χ0v) is 15.8. The van der Waals surface area contributed by atoms with Gasteiger partial charge in [-0.05, 0) is 43.2 Å². The molecule has 2 heterocycles. The van der Waals surface area contributed by atoms with Gasteiger partial charge in [-0.1, -0.05) is 29.8 Å². The van der Waals surface area contributed by atoms with Gasteiger partial charge in [-0.2, -0.15) is 9.98 Å². The summed E-state index contributed by atoms with van der Waals surface area (Å²) in [5, 5.41) is 3.28. The van der Waals surface area contributed by atoms with Crippen LogP contribution < -0.4 is 5.32 Å². The number of allylic oxidation sites excluding steroid dienone is 3. The van der Waals surface area contributed by atoms with Crippen LogP contribution in [0.4, 0.5) is 15.3 Å². The van der Waals surface area contributed by atoms with E-state index in [0.29, 0.717) is 35.4 Å². The third-order valence-electron chi connectivity index (χ3n) is 4.73. The molecule has 144 valence electrons. The van der Waals surface area contributed by atoms with Crippen LogP contribution in [-0.4, -0.2) is 47.8 Å². The molecule has 4 amide bonds. The highest BCUT2D eigenvalue weighted by molar-refractivity contribution is 6.30. The lowest BCUT2D eigenvalue weighted by Gasteiger charge is -2.32. The Morgan fingerprint density at radius 1 is 1.32 bits per heavy atom. The molecular weight excluding hydrogens is 380 g/mol. The van der Waals surface area contributed by atoms with Crippen molar-refractivity contribution in [1.82, 2.24) is 4.90 Å². The Labute approximate surface area is 167 Å². The standard InChI is InChI=1S/C20H19ClN4O3/c21-13-7-9-14(10-8-13)22-19(26)24-18-16-5-1-2-6-17(16)23-20(27)25(18)12-15-4-3-11-28-15/h1-2,5-10,15-16H,3-4,11-12H2,(H,22,26)/b24-18+. The third-order valence-corrected chi connectivity index (χ3v) is 4.98. The van der Waals surface area contributed by atoms with Gasteiger partial charge in [0.1, 0.15) is 5.84 Å². The highest BCUT2D eigenvalue weighted by Gasteiger charge is 2.36. The first-order valence-electron chi connectivity index (χ1n) is 9.12. The Bertz CT molecular complexity index is 899. The SMILES string of the molecule is O=C(/N=C1\C2C=CC=CC2=NC(=O)N1CC1CCCO1)Nc1ccc(Cl)cc1.